The highest BCUT2D eigenvalue weighted by Gasteiger charge is 2.35. The Bertz CT molecular complexity index is 1100. The van der Waals surface area contributed by atoms with Crippen molar-refractivity contribution in [2.24, 2.45) is 0 Å². The minimum atomic E-state index is -0.0569. The summed E-state index contributed by atoms with van der Waals surface area (Å²) in [5, 5.41) is 0. The van der Waals surface area contributed by atoms with Crippen molar-refractivity contribution in [2.75, 3.05) is 64.1 Å². The molecule has 5 rings (SSSR count). The first-order valence-electron chi connectivity index (χ1n) is 12.7. The Morgan fingerprint density at radius 3 is 2.46 bits per heavy atom. The zero-order chi connectivity index (χ0) is 24.4. The Hall–Kier alpha value is -2.87. The van der Waals surface area contributed by atoms with Crippen LogP contribution in [0.3, 0.4) is 0 Å². The van der Waals surface area contributed by atoms with Crippen molar-refractivity contribution in [1.29, 1.82) is 0 Å². The maximum absolute atomic E-state index is 13.3. The van der Waals surface area contributed by atoms with Gasteiger partial charge in [-0.15, -0.1) is 0 Å². The van der Waals surface area contributed by atoms with Crippen LogP contribution in [0, 0.1) is 6.92 Å². The second kappa shape index (κ2) is 10.4. The van der Waals surface area contributed by atoms with Crippen molar-refractivity contribution in [3.8, 4) is 11.5 Å². The van der Waals surface area contributed by atoms with Gasteiger partial charge in [0.1, 0.15) is 18.2 Å². The van der Waals surface area contributed by atoms with Crippen LogP contribution >= 0.6 is 0 Å². The summed E-state index contributed by atoms with van der Waals surface area (Å²) in [5.74, 6) is 1.80. The smallest absolute Gasteiger partial charge is 0.232 e. The summed E-state index contributed by atoms with van der Waals surface area (Å²) < 4.78 is 17.8. The number of hydrogen-bond donors (Lipinski definition) is 0. The van der Waals surface area contributed by atoms with E-state index in [-0.39, 0.29) is 5.78 Å². The number of ketones is 1. The van der Waals surface area contributed by atoms with Crippen LogP contribution in [-0.2, 0) is 11.3 Å². The molecule has 3 aliphatic rings. The zero-order valence-corrected chi connectivity index (χ0v) is 21.0. The number of carbonyl (C=O) groups excluding carboxylic acids is 1. The predicted octanol–water partition coefficient (Wildman–Crippen LogP) is 3.94. The van der Waals surface area contributed by atoms with Crippen LogP contribution in [0.15, 0.2) is 36.1 Å². The molecule has 0 amide bonds. The quantitative estimate of drug-likeness (QED) is 0.560. The third kappa shape index (κ3) is 4.94. The normalized spacial score (nSPS) is 19.3. The molecule has 0 radical (unpaired) electrons. The molecule has 2 aromatic carbocycles. The number of fused-ring (bicyclic) bond motifs is 3. The lowest BCUT2D eigenvalue weighted by Gasteiger charge is -2.33. The lowest BCUT2D eigenvalue weighted by Crippen LogP contribution is -2.43. The molecule has 1 saturated heterocycles. The van der Waals surface area contributed by atoms with Crippen molar-refractivity contribution in [3.05, 3.63) is 58.3 Å². The number of carbonyl (C=O) groups is 1. The number of rotatable bonds is 7. The molecule has 7 nitrogen and oxygen atoms in total. The average Bonchev–Trinajstić information content (AvgIpc) is 3.22. The van der Waals surface area contributed by atoms with E-state index in [2.05, 4.69) is 40.7 Å². The fraction of sp³-hybridized carbons (Fsp3) is 0.464. The van der Waals surface area contributed by atoms with Crippen LogP contribution in [0.2, 0.25) is 0 Å². The highest BCUT2D eigenvalue weighted by molar-refractivity contribution is 6.15. The molecule has 0 spiro atoms. The third-order valence-electron chi connectivity index (χ3n) is 7.14. The van der Waals surface area contributed by atoms with E-state index in [1.807, 2.05) is 31.2 Å². The summed E-state index contributed by atoms with van der Waals surface area (Å²) in [6, 6.07) is 10.3. The molecule has 0 aromatic heterocycles. The summed E-state index contributed by atoms with van der Waals surface area (Å²) in [7, 11) is 0. The Morgan fingerprint density at radius 2 is 1.74 bits per heavy atom. The average molecular weight is 478 g/mol. The lowest BCUT2D eigenvalue weighted by molar-refractivity contribution is 0.0239. The number of morpholine rings is 1. The van der Waals surface area contributed by atoms with E-state index in [4.69, 9.17) is 14.2 Å². The van der Waals surface area contributed by atoms with Crippen molar-refractivity contribution >= 4 is 17.5 Å². The van der Waals surface area contributed by atoms with Crippen LogP contribution in [-0.4, -0.2) is 74.8 Å². The van der Waals surface area contributed by atoms with E-state index in [9.17, 15) is 4.79 Å². The monoisotopic (exact) mass is 477 g/mol. The topological polar surface area (TPSA) is 54.5 Å². The van der Waals surface area contributed by atoms with E-state index >= 15 is 0 Å². The van der Waals surface area contributed by atoms with Gasteiger partial charge in [0.15, 0.2) is 5.76 Å². The molecule has 0 atom stereocenters. The maximum atomic E-state index is 13.3. The Labute approximate surface area is 207 Å². The maximum Gasteiger partial charge on any atom is 0.232 e. The molecule has 35 heavy (non-hydrogen) atoms. The fourth-order valence-electron chi connectivity index (χ4n) is 5.05. The van der Waals surface area contributed by atoms with Gasteiger partial charge < -0.3 is 19.1 Å². The standard InChI is InChI=1S/C28H35N3O4/c1-4-31(5-2)22-8-6-21(7-9-22)17-25-27(32)26-20(3)16-24-23(28(26)35-25)18-30(19-34-24)11-10-29-12-14-33-15-13-29/h6-9,16-17H,4-5,10-15,18-19H2,1-3H3/b25-17-. The first kappa shape index (κ1) is 23.9. The van der Waals surface area contributed by atoms with Gasteiger partial charge in [0.2, 0.25) is 5.78 Å². The van der Waals surface area contributed by atoms with Crippen LogP contribution in [0.25, 0.3) is 6.08 Å². The minimum absolute atomic E-state index is 0.0569. The Balaban J connectivity index is 1.34. The third-order valence-corrected chi connectivity index (χ3v) is 7.14. The van der Waals surface area contributed by atoms with E-state index < -0.39 is 0 Å². The van der Waals surface area contributed by atoms with Gasteiger partial charge in [-0.2, -0.15) is 0 Å². The van der Waals surface area contributed by atoms with E-state index in [1.165, 1.54) is 5.69 Å². The number of hydrogen-bond acceptors (Lipinski definition) is 7. The van der Waals surface area contributed by atoms with Gasteiger partial charge in [0.25, 0.3) is 0 Å². The summed E-state index contributed by atoms with van der Waals surface area (Å²) in [4.78, 5) is 20.3. The first-order chi connectivity index (χ1) is 17.1. The second-order valence-electron chi connectivity index (χ2n) is 9.36. The molecular weight excluding hydrogens is 442 g/mol. The number of benzene rings is 2. The van der Waals surface area contributed by atoms with Gasteiger partial charge in [-0.25, -0.2) is 0 Å². The SMILES string of the molecule is CCN(CC)c1ccc(/C=C2\Oc3c4c(cc(C)c3C2=O)OCN(CCN2CCOCC2)C4)cc1. The summed E-state index contributed by atoms with van der Waals surface area (Å²) in [6.07, 6.45) is 1.85. The summed E-state index contributed by atoms with van der Waals surface area (Å²) in [5.41, 5.74) is 4.65. The van der Waals surface area contributed by atoms with Gasteiger partial charge in [0, 0.05) is 51.5 Å². The molecule has 0 aliphatic carbocycles. The molecule has 3 heterocycles. The van der Waals surface area contributed by atoms with Crippen molar-refractivity contribution in [3.63, 3.8) is 0 Å². The molecular formula is C28H35N3O4. The molecule has 0 saturated carbocycles. The lowest BCUT2D eigenvalue weighted by atomic mass is 9.98. The fourth-order valence-corrected chi connectivity index (χ4v) is 5.05. The van der Waals surface area contributed by atoms with Crippen LogP contribution in [0.5, 0.6) is 11.5 Å². The van der Waals surface area contributed by atoms with E-state index in [0.29, 0.717) is 30.3 Å². The minimum Gasteiger partial charge on any atom is -0.478 e. The molecule has 3 aliphatic heterocycles. The number of Topliss-reactive ketones (excluding diaryl/α,β-unsaturated/α-hetero) is 1. The van der Waals surface area contributed by atoms with Crippen molar-refractivity contribution in [2.45, 2.75) is 27.3 Å². The van der Waals surface area contributed by atoms with Crippen LogP contribution in [0.4, 0.5) is 5.69 Å². The van der Waals surface area contributed by atoms with Crippen molar-refractivity contribution < 1.29 is 19.0 Å². The van der Waals surface area contributed by atoms with Gasteiger partial charge in [0.05, 0.1) is 24.3 Å². The summed E-state index contributed by atoms with van der Waals surface area (Å²) in [6.45, 7) is 14.9. The molecule has 0 bridgehead atoms. The van der Waals surface area contributed by atoms with Gasteiger partial charge in [-0.1, -0.05) is 12.1 Å². The Morgan fingerprint density at radius 1 is 1.03 bits per heavy atom. The summed E-state index contributed by atoms with van der Waals surface area (Å²) >= 11 is 0. The van der Waals surface area contributed by atoms with Gasteiger partial charge in [-0.05, 0) is 56.2 Å². The number of ether oxygens (including phenoxy) is 3. The molecule has 1 fully saturated rings. The molecule has 0 unspecified atom stereocenters. The number of nitrogens with zero attached hydrogens (tertiary/aromatic N) is 3. The number of allylic oxidation sites excluding steroid dienone is 1. The second-order valence-corrected chi connectivity index (χ2v) is 9.36. The molecule has 186 valence electrons. The Kier molecular flexibility index (Phi) is 7.09. The van der Waals surface area contributed by atoms with Gasteiger partial charge in [-0.3, -0.25) is 14.6 Å². The van der Waals surface area contributed by atoms with Gasteiger partial charge >= 0.3 is 0 Å². The van der Waals surface area contributed by atoms with E-state index in [0.717, 1.165) is 74.9 Å². The molecule has 0 N–H and O–H groups in total. The van der Waals surface area contributed by atoms with Crippen molar-refractivity contribution in [1.82, 2.24) is 9.80 Å². The molecule has 7 heteroatoms. The van der Waals surface area contributed by atoms with E-state index in [1.54, 1.807) is 0 Å². The predicted molar refractivity (Wildman–Crippen MR) is 137 cm³/mol. The highest BCUT2D eigenvalue weighted by Crippen LogP contribution is 2.44. The van der Waals surface area contributed by atoms with Crippen LogP contribution in [0.1, 0.15) is 40.9 Å². The molecule has 2 aromatic rings. The first-order valence-corrected chi connectivity index (χ1v) is 12.7. The highest BCUT2D eigenvalue weighted by atomic mass is 16.5. The van der Waals surface area contributed by atoms with Crippen LogP contribution < -0.4 is 14.4 Å². The largest absolute Gasteiger partial charge is 0.478 e. The number of anilines is 1. The number of aryl methyl sites for hydroxylation is 1. The zero-order valence-electron chi connectivity index (χ0n) is 21.0.